The van der Waals surface area contributed by atoms with Crippen molar-refractivity contribution in [2.45, 2.75) is 25.8 Å². The van der Waals surface area contributed by atoms with E-state index in [1.807, 2.05) is 14.1 Å². The Balaban J connectivity index is 1.60. The van der Waals surface area contributed by atoms with Gasteiger partial charge in [-0.05, 0) is 12.1 Å². The Morgan fingerprint density at radius 1 is 1.00 bits per heavy atom. The fourth-order valence-corrected chi connectivity index (χ4v) is 4.32. The third-order valence-electron chi connectivity index (χ3n) is 6.22. The molecule has 2 heterocycles. The van der Waals surface area contributed by atoms with Crippen LogP contribution in [-0.2, 0) is 14.4 Å². The zero-order chi connectivity index (χ0) is 21.7. The summed E-state index contributed by atoms with van der Waals surface area (Å²) in [6.45, 7) is 5.89. The van der Waals surface area contributed by atoms with Gasteiger partial charge in [0.2, 0.25) is 5.91 Å². The lowest BCUT2D eigenvalue weighted by molar-refractivity contribution is -0.918. The van der Waals surface area contributed by atoms with Gasteiger partial charge in [-0.25, -0.2) is 0 Å². The molecular weight excluding hydrogens is 382 g/mol. The monoisotopic (exact) mass is 416 g/mol. The first kappa shape index (κ1) is 22.1. The predicted molar refractivity (Wildman–Crippen MR) is 115 cm³/mol. The molecule has 2 N–H and O–H groups in total. The predicted octanol–water partition coefficient (Wildman–Crippen LogP) is -0.721. The lowest BCUT2D eigenvalue weighted by Crippen LogP contribution is -3.11. The second-order valence-electron chi connectivity index (χ2n) is 8.41. The van der Waals surface area contributed by atoms with E-state index in [0.29, 0.717) is 32.7 Å². The number of nitrogens with zero attached hydrogens (tertiary/aromatic N) is 3. The number of carbonyl (C=O) groups excluding carboxylic acids is 3. The number of anilines is 1. The first-order chi connectivity index (χ1) is 14.4. The highest BCUT2D eigenvalue weighted by molar-refractivity contribution is 6.35. The van der Waals surface area contributed by atoms with E-state index >= 15 is 0 Å². The molecule has 1 aromatic rings. The molecule has 0 spiro atoms. The van der Waals surface area contributed by atoms with Gasteiger partial charge in [0.15, 0.2) is 0 Å². The number of hydrogen-bond donors (Lipinski definition) is 2. The maximum Gasteiger partial charge on any atom is 0.312 e. The number of hydrogen-bond acceptors (Lipinski definition) is 4. The highest BCUT2D eigenvalue weighted by Crippen LogP contribution is 2.17. The van der Waals surface area contributed by atoms with Gasteiger partial charge in [-0.15, -0.1) is 0 Å². The molecule has 8 heteroatoms. The molecule has 0 unspecified atom stereocenters. The molecule has 3 rings (SSSR count). The van der Waals surface area contributed by atoms with Gasteiger partial charge in [-0.3, -0.25) is 14.4 Å². The third kappa shape index (κ3) is 5.30. The summed E-state index contributed by atoms with van der Waals surface area (Å²) in [5.41, 5.74) is 2.32. The van der Waals surface area contributed by atoms with E-state index in [0.717, 1.165) is 18.8 Å². The molecule has 1 aromatic carbocycles. The van der Waals surface area contributed by atoms with Gasteiger partial charge < -0.3 is 24.9 Å². The van der Waals surface area contributed by atoms with Crippen LogP contribution >= 0.6 is 0 Å². The van der Waals surface area contributed by atoms with Crippen LogP contribution in [0.2, 0.25) is 0 Å². The minimum Gasteiger partial charge on any atom is -0.378 e. The summed E-state index contributed by atoms with van der Waals surface area (Å²) >= 11 is 0. The van der Waals surface area contributed by atoms with E-state index in [-0.39, 0.29) is 11.9 Å². The molecule has 2 saturated heterocycles. The van der Waals surface area contributed by atoms with Gasteiger partial charge in [0, 0.05) is 71.3 Å². The fraction of sp³-hybridized carbons (Fsp3) is 0.591. The summed E-state index contributed by atoms with van der Waals surface area (Å²) in [5, 5.41) is 2.88. The number of likely N-dealkylation sites (tertiary alicyclic amines) is 1. The summed E-state index contributed by atoms with van der Waals surface area (Å²) in [4.78, 5) is 43.3. The molecule has 30 heavy (non-hydrogen) atoms. The van der Waals surface area contributed by atoms with Crippen LogP contribution in [0.3, 0.4) is 0 Å². The van der Waals surface area contributed by atoms with Crippen molar-refractivity contribution in [3.05, 3.63) is 29.8 Å². The third-order valence-corrected chi connectivity index (χ3v) is 6.22. The van der Waals surface area contributed by atoms with Crippen LogP contribution in [0, 0.1) is 0 Å². The van der Waals surface area contributed by atoms with Crippen molar-refractivity contribution in [1.82, 2.24) is 15.1 Å². The van der Waals surface area contributed by atoms with E-state index in [1.165, 1.54) is 30.2 Å². The first-order valence-electron chi connectivity index (χ1n) is 10.8. The summed E-state index contributed by atoms with van der Waals surface area (Å²) in [6.07, 6.45) is 2.38. The molecular formula is C22H34N5O3+. The van der Waals surface area contributed by atoms with Crippen LogP contribution in [-0.4, -0.2) is 87.4 Å². The van der Waals surface area contributed by atoms with Crippen LogP contribution in [0.25, 0.3) is 0 Å². The minimum atomic E-state index is -0.556. The number of rotatable bonds is 5. The number of piperazine rings is 1. The lowest BCUT2D eigenvalue weighted by Gasteiger charge is -2.33. The van der Waals surface area contributed by atoms with E-state index in [1.54, 1.807) is 9.80 Å². The van der Waals surface area contributed by atoms with Crippen LogP contribution in [0.15, 0.2) is 24.3 Å². The molecule has 164 valence electrons. The fourth-order valence-electron chi connectivity index (χ4n) is 4.32. The van der Waals surface area contributed by atoms with Gasteiger partial charge in [-0.1, -0.05) is 12.1 Å². The Hall–Kier alpha value is -2.61. The number of benzene rings is 1. The van der Waals surface area contributed by atoms with Gasteiger partial charge in [-0.2, -0.15) is 0 Å². The topological polar surface area (TPSA) is 77.4 Å². The number of amides is 3. The van der Waals surface area contributed by atoms with Crippen LogP contribution in [0.5, 0.6) is 0 Å². The Morgan fingerprint density at radius 3 is 2.10 bits per heavy atom. The highest BCUT2D eigenvalue weighted by atomic mass is 16.2. The van der Waals surface area contributed by atoms with Crippen molar-refractivity contribution in [3.8, 4) is 0 Å². The van der Waals surface area contributed by atoms with E-state index in [9.17, 15) is 14.4 Å². The van der Waals surface area contributed by atoms with Crippen LogP contribution in [0.4, 0.5) is 5.69 Å². The average molecular weight is 417 g/mol. The lowest BCUT2D eigenvalue weighted by atomic mass is 10.0. The molecule has 3 amide bonds. The van der Waals surface area contributed by atoms with Crippen molar-refractivity contribution in [2.75, 3.05) is 64.8 Å². The SMILES string of the molecule is CC(=O)N1CCN(C(=O)C(=O)NC[C@H](c2ccc(N(C)C)cc2)[NH+]2CCCC2)CC1. The summed E-state index contributed by atoms with van der Waals surface area (Å²) in [6, 6.07) is 8.58. The second-order valence-corrected chi connectivity index (χ2v) is 8.41. The molecule has 0 aromatic heterocycles. The molecule has 8 nitrogen and oxygen atoms in total. The van der Waals surface area contributed by atoms with Crippen LogP contribution in [0.1, 0.15) is 31.4 Å². The number of quaternary nitrogens is 1. The molecule has 0 bridgehead atoms. The van der Waals surface area contributed by atoms with Crippen molar-refractivity contribution < 1.29 is 19.3 Å². The molecule has 0 radical (unpaired) electrons. The Morgan fingerprint density at radius 2 is 1.57 bits per heavy atom. The molecule has 0 aliphatic carbocycles. The Labute approximate surface area is 178 Å². The minimum absolute atomic E-state index is 0.00302. The van der Waals surface area contributed by atoms with Crippen molar-refractivity contribution in [1.29, 1.82) is 0 Å². The van der Waals surface area contributed by atoms with Crippen molar-refractivity contribution in [3.63, 3.8) is 0 Å². The Bertz CT molecular complexity index is 751. The zero-order valence-electron chi connectivity index (χ0n) is 18.3. The quantitative estimate of drug-likeness (QED) is 0.621. The molecule has 0 saturated carbocycles. The largest absolute Gasteiger partial charge is 0.378 e. The standard InChI is InChI=1S/C22H33N5O3/c1-17(28)25-12-14-27(15-13-25)22(30)21(29)23-16-20(26-10-4-5-11-26)18-6-8-19(9-7-18)24(2)3/h6-9,20H,4-5,10-16H2,1-3H3,(H,23,29)/p+1/t20-/m1/s1. The molecule has 2 aliphatic heterocycles. The molecule has 2 fully saturated rings. The second kappa shape index (κ2) is 9.93. The summed E-state index contributed by atoms with van der Waals surface area (Å²) in [5.74, 6) is -1.06. The smallest absolute Gasteiger partial charge is 0.312 e. The van der Waals surface area contributed by atoms with Gasteiger partial charge in [0.25, 0.3) is 0 Å². The normalized spacial score (nSPS) is 18.2. The summed E-state index contributed by atoms with van der Waals surface area (Å²) in [7, 11) is 4.03. The average Bonchev–Trinajstić information content (AvgIpc) is 3.28. The van der Waals surface area contributed by atoms with Gasteiger partial charge >= 0.3 is 11.8 Å². The Kier molecular flexibility index (Phi) is 7.31. The number of carbonyl (C=O) groups is 3. The molecule has 2 aliphatic rings. The van der Waals surface area contributed by atoms with Crippen molar-refractivity contribution >= 4 is 23.4 Å². The first-order valence-corrected chi connectivity index (χ1v) is 10.8. The van der Waals surface area contributed by atoms with E-state index in [2.05, 4.69) is 34.5 Å². The van der Waals surface area contributed by atoms with E-state index < -0.39 is 11.8 Å². The van der Waals surface area contributed by atoms with E-state index in [4.69, 9.17) is 0 Å². The summed E-state index contributed by atoms with van der Waals surface area (Å²) < 4.78 is 0. The van der Waals surface area contributed by atoms with Crippen LogP contribution < -0.4 is 15.1 Å². The van der Waals surface area contributed by atoms with Gasteiger partial charge in [0.1, 0.15) is 6.04 Å². The van der Waals surface area contributed by atoms with Gasteiger partial charge in [0.05, 0.1) is 19.6 Å². The zero-order valence-corrected chi connectivity index (χ0v) is 18.3. The number of nitrogens with one attached hydrogen (secondary N) is 2. The molecule has 1 atom stereocenters. The highest BCUT2D eigenvalue weighted by Gasteiger charge is 2.31. The maximum absolute atomic E-state index is 12.6. The van der Waals surface area contributed by atoms with Crippen molar-refractivity contribution in [2.24, 2.45) is 0 Å². The maximum atomic E-state index is 12.6.